The van der Waals surface area contributed by atoms with Crippen LogP contribution in [0.25, 0.3) is 0 Å². The van der Waals surface area contributed by atoms with Gasteiger partial charge in [0.2, 0.25) is 17.8 Å². The minimum Gasteiger partial charge on any atom is -0.378 e. The second-order valence-corrected chi connectivity index (χ2v) is 7.11. The molecule has 12 heteroatoms. The standard InChI is InChI=1S/C20H19ClN8O3/c21-17-4-2-1-3-14(17)13-22-27-19-24-18(23-15-5-7-16(8-6-15)29(30)31)25-20(26-19)28-9-11-32-12-10-28/h1-8,13H,9-12H2,(H2,23,24,25,26,27)/b22-13-. The molecule has 0 aliphatic carbocycles. The van der Waals surface area contributed by atoms with E-state index in [9.17, 15) is 10.1 Å². The molecule has 164 valence electrons. The molecule has 2 heterocycles. The van der Waals surface area contributed by atoms with Crippen LogP contribution in [0.15, 0.2) is 53.6 Å². The van der Waals surface area contributed by atoms with E-state index in [1.807, 2.05) is 23.1 Å². The number of nitro benzene ring substituents is 1. The number of rotatable bonds is 7. The molecule has 32 heavy (non-hydrogen) atoms. The molecule has 0 radical (unpaired) electrons. The third-order valence-electron chi connectivity index (χ3n) is 4.53. The van der Waals surface area contributed by atoms with Crippen molar-refractivity contribution < 1.29 is 9.66 Å². The highest BCUT2D eigenvalue weighted by Crippen LogP contribution is 2.21. The van der Waals surface area contributed by atoms with Crippen molar-refractivity contribution in [3.8, 4) is 0 Å². The van der Waals surface area contributed by atoms with Gasteiger partial charge in [0.25, 0.3) is 5.69 Å². The number of nitro groups is 1. The van der Waals surface area contributed by atoms with Crippen molar-refractivity contribution in [1.82, 2.24) is 15.0 Å². The van der Waals surface area contributed by atoms with E-state index in [0.717, 1.165) is 5.56 Å². The number of non-ortho nitro benzene ring substituents is 1. The van der Waals surface area contributed by atoms with Crippen molar-refractivity contribution in [3.63, 3.8) is 0 Å². The van der Waals surface area contributed by atoms with Crippen LogP contribution in [0.5, 0.6) is 0 Å². The van der Waals surface area contributed by atoms with Crippen molar-refractivity contribution >= 4 is 47.0 Å². The zero-order valence-electron chi connectivity index (χ0n) is 16.8. The maximum absolute atomic E-state index is 10.9. The van der Waals surface area contributed by atoms with Crippen LogP contribution >= 0.6 is 11.6 Å². The van der Waals surface area contributed by atoms with Crippen LogP contribution in [0.4, 0.5) is 29.2 Å². The third kappa shape index (κ3) is 5.45. The molecule has 1 saturated heterocycles. The van der Waals surface area contributed by atoms with Gasteiger partial charge < -0.3 is 15.0 Å². The van der Waals surface area contributed by atoms with Crippen LogP contribution in [-0.2, 0) is 4.74 Å². The summed E-state index contributed by atoms with van der Waals surface area (Å²) >= 11 is 6.15. The number of anilines is 4. The van der Waals surface area contributed by atoms with Gasteiger partial charge in [-0.2, -0.15) is 20.1 Å². The molecule has 0 saturated carbocycles. The zero-order valence-corrected chi connectivity index (χ0v) is 17.6. The maximum Gasteiger partial charge on any atom is 0.269 e. The fourth-order valence-electron chi connectivity index (χ4n) is 2.91. The van der Waals surface area contributed by atoms with Crippen molar-refractivity contribution in [2.75, 3.05) is 41.9 Å². The first-order valence-corrected chi connectivity index (χ1v) is 10.1. The van der Waals surface area contributed by atoms with Crippen LogP contribution in [0, 0.1) is 10.1 Å². The average Bonchev–Trinajstić information content (AvgIpc) is 2.81. The third-order valence-corrected chi connectivity index (χ3v) is 4.87. The molecule has 2 N–H and O–H groups in total. The molecule has 1 aliphatic rings. The second kappa shape index (κ2) is 9.98. The highest BCUT2D eigenvalue weighted by molar-refractivity contribution is 6.33. The number of halogens is 1. The Hall–Kier alpha value is -3.83. The van der Waals surface area contributed by atoms with Crippen LogP contribution in [0.1, 0.15) is 5.56 Å². The van der Waals surface area contributed by atoms with E-state index in [-0.39, 0.29) is 17.6 Å². The fourth-order valence-corrected chi connectivity index (χ4v) is 3.09. The Morgan fingerprint density at radius 3 is 2.50 bits per heavy atom. The van der Waals surface area contributed by atoms with Crippen LogP contribution in [0.2, 0.25) is 5.02 Å². The van der Waals surface area contributed by atoms with Crippen LogP contribution in [-0.4, -0.2) is 52.4 Å². The Balaban J connectivity index is 1.57. The molecule has 1 fully saturated rings. The fraction of sp³-hybridized carbons (Fsp3) is 0.200. The molecule has 0 unspecified atom stereocenters. The summed E-state index contributed by atoms with van der Waals surface area (Å²) in [6, 6.07) is 13.3. The molecule has 11 nitrogen and oxygen atoms in total. The molecule has 0 atom stereocenters. The monoisotopic (exact) mass is 454 g/mol. The lowest BCUT2D eigenvalue weighted by Gasteiger charge is -2.27. The number of hydrazone groups is 1. The Labute approximate surface area is 188 Å². The Morgan fingerprint density at radius 2 is 1.78 bits per heavy atom. The Bertz CT molecular complexity index is 1120. The van der Waals surface area contributed by atoms with Gasteiger partial charge in [-0.25, -0.2) is 5.43 Å². The van der Waals surface area contributed by atoms with Gasteiger partial charge in [-0.1, -0.05) is 29.8 Å². The van der Waals surface area contributed by atoms with Crippen LogP contribution in [0.3, 0.4) is 0 Å². The zero-order chi connectivity index (χ0) is 22.3. The van der Waals surface area contributed by atoms with E-state index in [1.165, 1.54) is 12.1 Å². The number of nitrogens with zero attached hydrogens (tertiary/aromatic N) is 6. The number of morpholine rings is 1. The predicted molar refractivity (Wildman–Crippen MR) is 122 cm³/mol. The quantitative estimate of drug-likeness (QED) is 0.313. The second-order valence-electron chi connectivity index (χ2n) is 6.70. The lowest BCUT2D eigenvalue weighted by Crippen LogP contribution is -2.37. The van der Waals surface area contributed by atoms with Gasteiger partial charge in [0.15, 0.2) is 0 Å². The normalized spacial score (nSPS) is 13.8. The molecule has 2 aromatic carbocycles. The summed E-state index contributed by atoms with van der Waals surface area (Å²) in [7, 11) is 0. The van der Waals surface area contributed by atoms with Gasteiger partial charge in [0.1, 0.15) is 0 Å². The predicted octanol–water partition coefficient (Wildman–Crippen LogP) is 3.46. The lowest BCUT2D eigenvalue weighted by molar-refractivity contribution is -0.384. The average molecular weight is 455 g/mol. The van der Waals surface area contributed by atoms with Crippen molar-refractivity contribution in [2.45, 2.75) is 0 Å². The Kier molecular flexibility index (Phi) is 6.68. The summed E-state index contributed by atoms with van der Waals surface area (Å²) in [5.74, 6) is 0.961. The summed E-state index contributed by atoms with van der Waals surface area (Å²) in [4.78, 5) is 25.7. The molecule has 0 amide bonds. The summed E-state index contributed by atoms with van der Waals surface area (Å²) < 4.78 is 5.40. The van der Waals surface area contributed by atoms with Gasteiger partial charge in [-0.3, -0.25) is 10.1 Å². The topological polar surface area (TPSA) is 131 Å². The number of ether oxygens (including phenoxy) is 1. The van der Waals surface area contributed by atoms with Gasteiger partial charge in [-0.15, -0.1) is 0 Å². The minimum atomic E-state index is -0.456. The summed E-state index contributed by atoms with van der Waals surface area (Å²) in [6.07, 6.45) is 1.57. The number of hydrogen-bond acceptors (Lipinski definition) is 10. The van der Waals surface area contributed by atoms with Gasteiger partial charge in [0, 0.05) is 41.5 Å². The molecule has 1 aromatic heterocycles. The van der Waals surface area contributed by atoms with Gasteiger partial charge >= 0.3 is 0 Å². The lowest BCUT2D eigenvalue weighted by atomic mass is 10.2. The van der Waals surface area contributed by atoms with Crippen LogP contribution < -0.4 is 15.6 Å². The molecule has 1 aliphatic heterocycles. The maximum atomic E-state index is 10.9. The van der Waals surface area contributed by atoms with E-state index in [1.54, 1.807) is 24.4 Å². The number of hydrogen-bond donors (Lipinski definition) is 2. The van der Waals surface area contributed by atoms with E-state index in [2.05, 4.69) is 30.8 Å². The molecule has 0 spiro atoms. The first-order chi connectivity index (χ1) is 15.6. The SMILES string of the molecule is O=[N+]([O-])c1ccc(Nc2nc(N/N=C\c3ccccc3Cl)nc(N3CCOCC3)n2)cc1. The number of nitrogens with one attached hydrogen (secondary N) is 2. The number of benzene rings is 2. The van der Waals surface area contributed by atoms with E-state index >= 15 is 0 Å². The first-order valence-electron chi connectivity index (χ1n) is 9.72. The van der Waals surface area contributed by atoms with E-state index in [4.69, 9.17) is 16.3 Å². The molecular formula is C20H19ClN8O3. The van der Waals surface area contributed by atoms with E-state index < -0.39 is 4.92 Å². The minimum absolute atomic E-state index is 0.00327. The van der Waals surface area contributed by atoms with Gasteiger partial charge in [0.05, 0.1) is 24.4 Å². The highest BCUT2D eigenvalue weighted by atomic mass is 35.5. The molecule has 0 bridgehead atoms. The smallest absolute Gasteiger partial charge is 0.269 e. The van der Waals surface area contributed by atoms with Crippen molar-refractivity contribution in [1.29, 1.82) is 0 Å². The summed E-state index contributed by atoms with van der Waals surface area (Å²) in [5.41, 5.74) is 4.15. The number of aromatic nitrogens is 3. The van der Waals surface area contributed by atoms with Crippen molar-refractivity contribution in [3.05, 3.63) is 69.2 Å². The largest absolute Gasteiger partial charge is 0.378 e. The first kappa shape index (κ1) is 21.4. The molecule has 3 aromatic rings. The summed E-state index contributed by atoms with van der Waals surface area (Å²) in [5, 5.41) is 18.7. The van der Waals surface area contributed by atoms with E-state index in [0.29, 0.717) is 43.0 Å². The highest BCUT2D eigenvalue weighted by Gasteiger charge is 2.17. The molecular weight excluding hydrogens is 436 g/mol. The van der Waals surface area contributed by atoms with Crippen molar-refractivity contribution in [2.24, 2.45) is 5.10 Å². The molecule has 4 rings (SSSR count). The summed E-state index contributed by atoms with van der Waals surface area (Å²) in [6.45, 7) is 2.43. The Morgan fingerprint density at radius 1 is 1.06 bits per heavy atom. The van der Waals surface area contributed by atoms with Gasteiger partial charge in [-0.05, 0) is 18.2 Å².